The van der Waals surface area contributed by atoms with Gasteiger partial charge >= 0.3 is 0 Å². The number of hydrogen-bond donors (Lipinski definition) is 1. The van der Waals surface area contributed by atoms with Crippen LogP contribution in [0.25, 0.3) is 10.2 Å². The lowest BCUT2D eigenvalue weighted by molar-refractivity contribution is -0.384. The molecule has 1 amide bonds. The summed E-state index contributed by atoms with van der Waals surface area (Å²) in [5, 5.41) is 22.2. The molecule has 7 nitrogen and oxygen atoms in total. The first-order valence-electron chi connectivity index (χ1n) is 7.49. The van der Waals surface area contributed by atoms with E-state index in [0.717, 1.165) is 0 Å². The number of thiazole rings is 1. The van der Waals surface area contributed by atoms with E-state index in [-0.39, 0.29) is 11.6 Å². The number of anilines is 1. The lowest BCUT2D eigenvalue weighted by Crippen LogP contribution is -2.22. The Morgan fingerprint density at radius 2 is 2.15 bits per heavy atom. The maximum absolute atomic E-state index is 12.4. The molecule has 2 aromatic carbocycles. The molecule has 0 saturated carbocycles. The van der Waals surface area contributed by atoms with E-state index in [0.29, 0.717) is 25.8 Å². The summed E-state index contributed by atoms with van der Waals surface area (Å²) in [6.45, 7) is 1.74. The maximum atomic E-state index is 12.4. The van der Waals surface area contributed by atoms with Crippen LogP contribution in [0.4, 0.5) is 11.4 Å². The highest BCUT2D eigenvalue weighted by molar-refractivity contribution is 8.02. The number of benzene rings is 2. The number of nitro benzene ring substituents is 1. The molecular weight excluding hydrogens is 372 g/mol. The fourth-order valence-corrected chi connectivity index (χ4v) is 4.43. The zero-order valence-electron chi connectivity index (χ0n) is 13.5. The number of nitro groups is 1. The van der Waals surface area contributed by atoms with Crippen LogP contribution in [0.1, 0.15) is 12.5 Å². The lowest BCUT2D eigenvalue weighted by atomic mass is 10.2. The number of nitrogens with zero attached hydrogens (tertiary/aromatic N) is 3. The van der Waals surface area contributed by atoms with E-state index in [4.69, 9.17) is 5.26 Å². The predicted octanol–water partition coefficient (Wildman–Crippen LogP) is 4.20. The van der Waals surface area contributed by atoms with Crippen LogP contribution in [-0.2, 0) is 4.79 Å². The Labute approximate surface area is 156 Å². The maximum Gasteiger partial charge on any atom is 0.270 e. The summed E-state index contributed by atoms with van der Waals surface area (Å²) in [5.74, 6) is -0.247. The van der Waals surface area contributed by atoms with Crippen LogP contribution in [0.3, 0.4) is 0 Å². The molecule has 0 aliphatic carbocycles. The van der Waals surface area contributed by atoms with Crippen molar-refractivity contribution in [3.63, 3.8) is 0 Å². The van der Waals surface area contributed by atoms with Crippen molar-refractivity contribution in [2.24, 2.45) is 0 Å². The molecule has 130 valence electrons. The van der Waals surface area contributed by atoms with Gasteiger partial charge in [-0.1, -0.05) is 23.9 Å². The minimum Gasteiger partial charge on any atom is -0.324 e. The smallest absolute Gasteiger partial charge is 0.270 e. The molecule has 1 heterocycles. The number of aromatic nitrogens is 1. The summed E-state index contributed by atoms with van der Waals surface area (Å²) in [7, 11) is 0. The van der Waals surface area contributed by atoms with Crippen LogP contribution in [0.15, 0.2) is 46.8 Å². The number of non-ortho nitro benzene ring substituents is 1. The normalized spacial score (nSPS) is 11.7. The highest BCUT2D eigenvalue weighted by atomic mass is 32.2. The van der Waals surface area contributed by atoms with E-state index in [1.807, 2.05) is 6.07 Å². The predicted molar refractivity (Wildman–Crippen MR) is 101 cm³/mol. The van der Waals surface area contributed by atoms with Crippen molar-refractivity contribution in [3.05, 3.63) is 58.1 Å². The molecule has 26 heavy (non-hydrogen) atoms. The number of amides is 1. The second-order valence-corrected chi connectivity index (χ2v) is 7.91. The van der Waals surface area contributed by atoms with Gasteiger partial charge in [-0.2, -0.15) is 5.26 Å². The molecule has 1 aromatic heterocycles. The van der Waals surface area contributed by atoms with Crippen molar-refractivity contribution in [3.8, 4) is 6.07 Å². The summed E-state index contributed by atoms with van der Waals surface area (Å²) in [6, 6.07) is 13.3. The minimum atomic E-state index is -0.450. The number of fused-ring (bicyclic) bond motifs is 1. The number of rotatable bonds is 5. The van der Waals surface area contributed by atoms with E-state index in [1.165, 1.54) is 35.2 Å². The molecule has 3 aromatic rings. The fourth-order valence-electron chi connectivity index (χ4n) is 2.18. The summed E-state index contributed by atoms with van der Waals surface area (Å²) in [5.41, 5.74) is 1.53. The third kappa shape index (κ3) is 3.82. The van der Waals surface area contributed by atoms with Crippen molar-refractivity contribution >= 4 is 50.6 Å². The Bertz CT molecular complexity index is 1040. The molecule has 0 radical (unpaired) electrons. The van der Waals surface area contributed by atoms with E-state index < -0.39 is 10.2 Å². The van der Waals surface area contributed by atoms with Crippen LogP contribution in [0.5, 0.6) is 0 Å². The average molecular weight is 384 g/mol. The lowest BCUT2D eigenvalue weighted by Gasteiger charge is -2.11. The molecule has 0 spiro atoms. The van der Waals surface area contributed by atoms with Gasteiger partial charge in [-0.3, -0.25) is 14.9 Å². The van der Waals surface area contributed by atoms with E-state index in [1.54, 1.807) is 37.3 Å². The number of carbonyl (C=O) groups is 1. The molecule has 1 N–H and O–H groups in total. The van der Waals surface area contributed by atoms with Crippen molar-refractivity contribution in [2.45, 2.75) is 16.5 Å². The summed E-state index contributed by atoms with van der Waals surface area (Å²) in [4.78, 5) is 27.2. The van der Waals surface area contributed by atoms with Crippen LogP contribution in [0.2, 0.25) is 0 Å². The van der Waals surface area contributed by atoms with Gasteiger partial charge in [0.25, 0.3) is 5.69 Å². The Morgan fingerprint density at radius 3 is 2.88 bits per heavy atom. The van der Waals surface area contributed by atoms with Gasteiger partial charge < -0.3 is 5.32 Å². The SMILES string of the molecule is C[C@@H](Sc1nc2ccc([N+](=O)[O-])cc2s1)C(=O)Nc1ccccc1C#N. The van der Waals surface area contributed by atoms with Crippen molar-refractivity contribution in [1.29, 1.82) is 5.26 Å². The van der Waals surface area contributed by atoms with Gasteiger partial charge in [0.2, 0.25) is 5.91 Å². The highest BCUT2D eigenvalue weighted by Gasteiger charge is 2.19. The van der Waals surface area contributed by atoms with Gasteiger partial charge in [0.05, 0.1) is 31.6 Å². The first-order chi connectivity index (χ1) is 12.5. The first-order valence-corrected chi connectivity index (χ1v) is 9.19. The molecule has 0 aliphatic heterocycles. The Balaban J connectivity index is 1.74. The minimum absolute atomic E-state index is 0.0107. The van der Waals surface area contributed by atoms with Gasteiger partial charge in [-0.25, -0.2) is 4.98 Å². The molecule has 9 heteroatoms. The Morgan fingerprint density at radius 1 is 1.38 bits per heavy atom. The second-order valence-electron chi connectivity index (χ2n) is 5.30. The number of thioether (sulfide) groups is 1. The van der Waals surface area contributed by atoms with Gasteiger partial charge in [0, 0.05) is 12.1 Å². The Hall–Kier alpha value is -2.96. The zero-order chi connectivity index (χ0) is 18.7. The van der Waals surface area contributed by atoms with Crippen molar-refractivity contribution < 1.29 is 9.72 Å². The number of hydrogen-bond acceptors (Lipinski definition) is 7. The topological polar surface area (TPSA) is 109 Å². The molecule has 0 aliphatic rings. The van der Waals surface area contributed by atoms with E-state index in [2.05, 4.69) is 10.3 Å². The summed E-state index contributed by atoms with van der Waals surface area (Å²) >= 11 is 2.57. The largest absolute Gasteiger partial charge is 0.324 e. The van der Waals surface area contributed by atoms with Gasteiger partial charge in [0.1, 0.15) is 6.07 Å². The molecular formula is C17H12N4O3S2. The molecule has 3 rings (SSSR count). The van der Waals surface area contributed by atoms with Crippen LogP contribution in [-0.4, -0.2) is 21.1 Å². The van der Waals surface area contributed by atoms with Gasteiger partial charge in [-0.05, 0) is 25.1 Å². The number of nitrogens with one attached hydrogen (secondary N) is 1. The number of para-hydroxylation sites is 1. The van der Waals surface area contributed by atoms with Crippen molar-refractivity contribution in [1.82, 2.24) is 4.98 Å². The van der Waals surface area contributed by atoms with Crippen molar-refractivity contribution in [2.75, 3.05) is 5.32 Å². The van der Waals surface area contributed by atoms with Gasteiger partial charge in [0.15, 0.2) is 4.34 Å². The number of nitriles is 1. The second kappa shape index (κ2) is 7.51. The molecule has 0 saturated heterocycles. The van der Waals surface area contributed by atoms with Crippen LogP contribution < -0.4 is 5.32 Å². The summed E-state index contributed by atoms with van der Waals surface area (Å²) in [6.07, 6.45) is 0. The monoisotopic (exact) mass is 384 g/mol. The van der Waals surface area contributed by atoms with Gasteiger partial charge in [-0.15, -0.1) is 11.3 Å². The third-order valence-corrected chi connectivity index (χ3v) is 5.73. The number of carbonyl (C=O) groups excluding carboxylic acids is 1. The highest BCUT2D eigenvalue weighted by Crippen LogP contribution is 2.34. The summed E-state index contributed by atoms with van der Waals surface area (Å²) < 4.78 is 1.35. The molecule has 1 atom stereocenters. The van der Waals surface area contributed by atoms with Crippen LogP contribution >= 0.6 is 23.1 Å². The third-order valence-electron chi connectivity index (χ3n) is 3.52. The quantitative estimate of drug-likeness (QED) is 0.401. The van der Waals surface area contributed by atoms with E-state index in [9.17, 15) is 14.9 Å². The average Bonchev–Trinajstić information content (AvgIpc) is 3.03. The Kier molecular flexibility index (Phi) is 5.16. The molecule has 0 fully saturated rings. The van der Waals surface area contributed by atoms with E-state index >= 15 is 0 Å². The molecule has 0 unspecified atom stereocenters. The fraction of sp³-hybridized carbons (Fsp3) is 0.118. The standard InChI is InChI=1S/C17H12N4O3S2/c1-10(16(22)19-13-5-3-2-4-11(13)9-18)25-17-20-14-7-6-12(21(23)24)8-15(14)26-17/h2-8,10H,1H3,(H,19,22)/t10-/m1/s1. The van der Waals surface area contributed by atoms with Crippen LogP contribution in [0, 0.1) is 21.4 Å². The zero-order valence-corrected chi connectivity index (χ0v) is 15.1. The first kappa shape index (κ1) is 17.8. The molecule has 0 bridgehead atoms.